The van der Waals surface area contributed by atoms with Gasteiger partial charge in [-0.2, -0.15) is 0 Å². The van der Waals surface area contributed by atoms with Gasteiger partial charge in [-0.1, -0.05) is 39.0 Å². The number of hydrogen-bond donors (Lipinski definition) is 0. The summed E-state index contributed by atoms with van der Waals surface area (Å²) >= 11 is 0. The first kappa shape index (κ1) is 21.1. The highest BCUT2D eigenvalue weighted by atomic mass is 28.4. The average molecular weight is 415 g/mol. The van der Waals surface area contributed by atoms with Gasteiger partial charge in [-0.25, -0.2) is 0 Å². The fourth-order valence-corrected chi connectivity index (χ4v) is 3.76. The summed E-state index contributed by atoms with van der Waals surface area (Å²) in [6.45, 7) is 11.3. The van der Waals surface area contributed by atoms with Gasteiger partial charge in [0.2, 0.25) is 12.5 Å². The Morgan fingerprint density at radius 2 is 1.52 bits per heavy atom. The van der Waals surface area contributed by atoms with Gasteiger partial charge in [-0.15, -0.1) is 0 Å². The number of benzene rings is 2. The molecular weight excluding hydrogens is 384 g/mol. The third-order valence-corrected chi connectivity index (χ3v) is 9.85. The highest BCUT2D eigenvalue weighted by Crippen LogP contribution is 2.43. The van der Waals surface area contributed by atoms with Crippen molar-refractivity contribution in [3.05, 3.63) is 41.5 Å². The molecule has 1 aliphatic rings. The molecule has 0 unspecified atom stereocenters. The van der Waals surface area contributed by atoms with Gasteiger partial charge in [-0.05, 0) is 53.5 Å². The zero-order valence-electron chi connectivity index (χ0n) is 18.3. The van der Waals surface area contributed by atoms with Crippen LogP contribution in [0.4, 0.5) is 0 Å². The van der Waals surface area contributed by atoms with Gasteiger partial charge < -0.3 is 23.4 Å². The highest BCUT2D eigenvalue weighted by Gasteiger charge is 2.39. The first-order chi connectivity index (χ1) is 13.6. The Morgan fingerprint density at radius 1 is 0.862 bits per heavy atom. The molecule has 0 saturated heterocycles. The summed E-state index contributed by atoms with van der Waals surface area (Å²) in [6.07, 6.45) is 4.05. The summed E-state index contributed by atoms with van der Waals surface area (Å²) in [4.78, 5) is 0. The number of methoxy groups -OCH3 is 2. The van der Waals surface area contributed by atoms with Crippen molar-refractivity contribution in [3.63, 3.8) is 0 Å². The Bertz CT molecular complexity index is 912. The van der Waals surface area contributed by atoms with Crippen LogP contribution in [0.3, 0.4) is 0 Å². The number of rotatable bonds is 6. The van der Waals surface area contributed by atoms with Crippen molar-refractivity contribution in [2.75, 3.05) is 21.0 Å². The van der Waals surface area contributed by atoms with Crippen molar-refractivity contribution in [1.29, 1.82) is 0 Å². The lowest BCUT2D eigenvalue weighted by Crippen LogP contribution is -2.43. The maximum atomic E-state index is 6.50. The summed E-state index contributed by atoms with van der Waals surface area (Å²) in [5.41, 5.74) is 1.99. The fourth-order valence-electron chi connectivity index (χ4n) is 2.74. The molecule has 6 heteroatoms. The molecule has 29 heavy (non-hydrogen) atoms. The van der Waals surface area contributed by atoms with E-state index in [0.717, 1.165) is 22.6 Å². The van der Waals surface area contributed by atoms with E-state index in [9.17, 15) is 0 Å². The standard InChI is InChI=1S/C23H30O5Si/c1-23(2,3)29(6,7)28-19-12-16(10-11-18(19)24-4)8-9-17-13-20(25-5)22-21(14-17)26-15-27-22/h8-14H,15H2,1-7H3/b9-8+. The molecule has 0 amide bonds. The monoisotopic (exact) mass is 414 g/mol. The maximum absolute atomic E-state index is 6.50. The van der Waals surface area contributed by atoms with Gasteiger partial charge in [0.1, 0.15) is 5.75 Å². The smallest absolute Gasteiger partial charge is 0.250 e. The van der Waals surface area contributed by atoms with Crippen molar-refractivity contribution in [2.45, 2.75) is 38.9 Å². The zero-order valence-corrected chi connectivity index (χ0v) is 19.3. The van der Waals surface area contributed by atoms with E-state index in [1.807, 2.05) is 42.5 Å². The largest absolute Gasteiger partial charge is 0.541 e. The van der Waals surface area contributed by atoms with E-state index in [2.05, 4.69) is 33.9 Å². The highest BCUT2D eigenvalue weighted by molar-refractivity contribution is 6.74. The number of ether oxygens (including phenoxy) is 4. The predicted octanol–water partition coefficient (Wildman–Crippen LogP) is 5.99. The lowest BCUT2D eigenvalue weighted by molar-refractivity contribution is 0.171. The molecule has 0 radical (unpaired) electrons. The van der Waals surface area contributed by atoms with Crippen LogP contribution in [0.25, 0.3) is 12.2 Å². The van der Waals surface area contributed by atoms with Crippen molar-refractivity contribution < 1.29 is 23.4 Å². The first-order valence-electron chi connectivity index (χ1n) is 9.67. The second-order valence-corrected chi connectivity index (χ2v) is 13.3. The summed E-state index contributed by atoms with van der Waals surface area (Å²) in [5, 5.41) is 0.104. The third-order valence-electron chi connectivity index (χ3n) is 5.51. The molecule has 0 fully saturated rings. The van der Waals surface area contributed by atoms with E-state index >= 15 is 0 Å². The molecule has 1 heterocycles. The second-order valence-electron chi connectivity index (χ2n) is 8.56. The molecule has 0 aromatic heterocycles. The molecule has 0 spiro atoms. The van der Waals surface area contributed by atoms with E-state index in [1.165, 1.54) is 0 Å². The van der Waals surface area contributed by atoms with Crippen molar-refractivity contribution in [3.8, 4) is 28.7 Å². The van der Waals surface area contributed by atoms with Gasteiger partial charge in [-0.3, -0.25) is 0 Å². The van der Waals surface area contributed by atoms with Crippen LogP contribution in [-0.2, 0) is 0 Å². The van der Waals surface area contributed by atoms with Crippen LogP contribution in [0.1, 0.15) is 31.9 Å². The Labute approximate surface area is 174 Å². The number of fused-ring (bicyclic) bond motifs is 1. The molecule has 156 valence electrons. The molecule has 3 rings (SSSR count). The Kier molecular flexibility index (Phi) is 5.84. The fraction of sp³-hybridized carbons (Fsp3) is 0.391. The Balaban J connectivity index is 1.89. The summed E-state index contributed by atoms with van der Waals surface area (Å²) in [7, 11) is 1.31. The lowest BCUT2D eigenvalue weighted by atomic mass is 10.1. The normalized spacial score (nSPS) is 13.6. The van der Waals surface area contributed by atoms with E-state index < -0.39 is 8.32 Å². The van der Waals surface area contributed by atoms with Gasteiger partial charge in [0, 0.05) is 0 Å². The van der Waals surface area contributed by atoms with Crippen molar-refractivity contribution in [2.24, 2.45) is 0 Å². The van der Waals surface area contributed by atoms with Crippen LogP contribution in [0.5, 0.6) is 28.7 Å². The average Bonchev–Trinajstić information content (AvgIpc) is 3.13. The van der Waals surface area contributed by atoms with Crippen molar-refractivity contribution in [1.82, 2.24) is 0 Å². The van der Waals surface area contributed by atoms with Gasteiger partial charge in [0.15, 0.2) is 17.2 Å². The zero-order chi connectivity index (χ0) is 21.2. The van der Waals surface area contributed by atoms with Crippen molar-refractivity contribution >= 4 is 20.5 Å². The Hall–Kier alpha value is -2.60. The first-order valence-corrected chi connectivity index (χ1v) is 12.6. The molecule has 2 aromatic carbocycles. The van der Waals surface area contributed by atoms with Crippen LogP contribution in [0, 0.1) is 0 Å². The van der Waals surface area contributed by atoms with Gasteiger partial charge in [0.25, 0.3) is 8.32 Å². The van der Waals surface area contributed by atoms with Gasteiger partial charge >= 0.3 is 0 Å². The quantitative estimate of drug-likeness (QED) is 0.429. The van der Waals surface area contributed by atoms with Gasteiger partial charge in [0.05, 0.1) is 14.2 Å². The molecular formula is C23H30O5Si. The predicted molar refractivity (Wildman–Crippen MR) is 119 cm³/mol. The van der Waals surface area contributed by atoms with Crippen LogP contribution in [0.2, 0.25) is 18.1 Å². The van der Waals surface area contributed by atoms with Crippen LogP contribution >= 0.6 is 0 Å². The second kappa shape index (κ2) is 8.03. The van der Waals surface area contributed by atoms with E-state index in [1.54, 1.807) is 14.2 Å². The molecule has 0 N–H and O–H groups in total. The van der Waals surface area contributed by atoms with E-state index in [-0.39, 0.29) is 11.8 Å². The summed E-state index contributed by atoms with van der Waals surface area (Å²) in [5.74, 6) is 3.54. The SMILES string of the molecule is COc1ccc(/C=C/c2cc(OC)c3c(c2)OCO3)cc1O[Si](C)(C)C(C)(C)C. The van der Waals surface area contributed by atoms with Crippen LogP contribution < -0.4 is 23.4 Å². The molecule has 1 aliphatic heterocycles. The minimum absolute atomic E-state index is 0.104. The summed E-state index contributed by atoms with van der Waals surface area (Å²) in [6, 6.07) is 9.86. The minimum atomic E-state index is -1.98. The van der Waals surface area contributed by atoms with E-state index in [0.29, 0.717) is 17.2 Å². The summed E-state index contributed by atoms with van der Waals surface area (Å²) < 4.78 is 28.4. The molecule has 0 aliphatic carbocycles. The Morgan fingerprint density at radius 3 is 2.17 bits per heavy atom. The molecule has 0 atom stereocenters. The topological polar surface area (TPSA) is 46.2 Å². The lowest BCUT2D eigenvalue weighted by Gasteiger charge is -2.36. The minimum Gasteiger partial charge on any atom is -0.541 e. The van der Waals surface area contributed by atoms with E-state index in [4.69, 9.17) is 23.4 Å². The molecule has 0 saturated carbocycles. The van der Waals surface area contributed by atoms with Crippen LogP contribution in [0.15, 0.2) is 30.3 Å². The maximum Gasteiger partial charge on any atom is 0.250 e. The molecule has 5 nitrogen and oxygen atoms in total. The molecule has 2 aromatic rings. The third kappa shape index (κ3) is 4.53. The molecule has 0 bridgehead atoms. The number of hydrogen-bond acceptors (Lipinski definition) is 5. The van der Waals surface area contributed by atoms with Crippen LogP contribution in [-0.4, -0.2) is 29.3 Å².